The molecule has 0 unspecified atom stereocenters. The number of hydrogen-bond donors (Lipinski definition) is 1. The predicted molar refractivity (Wildman–Crippen MR) is 95.3 cm³/mol. The number of thioether (sulfide) groups is 1. The molecule has 6 heteroatoms. The highest BCUT2D eigenvalue weighted by Gasteiger charge is 2.13. The Morgan fingerprint density at radius 1 is 0.958 bits per heavy atom. The van der Waals surface area contributed by atoms with E-state index in [1.807, 2.05) is 37.3 Å². The Balaban J connectivity index is 2.10. The molecule has 0 fully saturated rings. The first-order chi connectivity index (χ1) is 11.7. The van der Waals surface area contributed by atoms with Gasteiger partial charge in [-0.15, -0.1) is 0 Å². The number of hydrogen-bond acceptors (Lipinski definition) is 6. The molecular weight excluding hydrogens is 322 g/mol. The maximum Gasteiger partial charge on any atom is 0.191 e. The zero-order valence-electron chi connectivity index (χ0n) is 13.4. The van der Waals surface area contributed by atoms with Crippen LogP contribution in [-0.4, -0.2) is 32.9 Å². The van der Waals surface area contributed by atoms with Crippen LogP contribution in [0.25, 0.3) is 22.8 Å². The van der Waals surface area contributed by atoms with Crippen LogP contribution in [0, 0.1) is 0 Å². The Morgan fingerprint density at radius 2 is 1.67 bits per heavy atom. The van der Waals surface area contributed by atoms with E-state index >= 15 is 0 Å². The molecule has 0 amide bonds. The molecule has 0 saturated heterocycles. The summed E-state index contributed by atoms with van der Waals surface area (Å²) < 4.78 is 5.19. The van der Waals surface area contributed by atoms with E-state index in [0.29, 0.717) is 22.4 Å². The Kier molecular flexibility index (Phi) is 4.96. The van der Waals surface area contributed by atoms with Crippen molar-refractivity contribution in [3.63, 3.8) is 0 Å². The van der Waals surface area contributed by atoms with E-state index in [9.17, 15) is 5.11 Å². The SMILES string of the molecule is CCSc1nc(-c2ccc(OC)cc2)nc(-c2ccccc2O)n1. The normalized spacial score (nSPS) is 10.6. The predicted octanol–water partition coefficient (Wildman–Crippen LogP) is 4.03. The summed E-state index contributed by atoms with van der Waals surface area (Å²) in [4.78, 5) is 13.5. The van der Waals surface area contributed by atoms with E-state index in [1.165, 1.54) is 11.8 Å². The molecular formula is C18H17N3O2S. The van der Waals surface area contributed by atoms with Crippen LogP contribution >= 0.6 is 11.8 Å². The van der Waals surface area contributed by atoms with E-state index in [-0.39, 0.29) is 5.75 Å². The summed E-state index contributed by atoms with van der Waals surface area (Å²) >= 11 is 1.54. The minimum absolute atomic E-state index is 0.150. The van der Waals surface area contributed by atoms with Gasteiger partial charge in [0.25, 0.3) is 0 Å². The van der Waals surface area contributed by atoms with Crippen molar-refractivity contribution >= 4 is 11.8 Å². The van der Waals surface area contributed by atoms with Crippen molar-refractivity contribution in [1.82, 2.24) is 15.0 Å². The lowest BCUT2D eigenvalue weighted by atomic mass is 10.1. The highest BCUT2D eigenvalue weighted by molar-refractivity contribution is 7.99. The van der Waals surface area contributed by atoms with Crippen molar-refractivity contribution in [2.24, 2.45) is 0 Å². The number of methoxy groups -OCH3 is 1. The first-order valence-electron chi connectivity index (χ1n) is 7.53. The van der Waals surface area contributed by atoms with E-state index in [4.69, 9.17) is 4.74 Å². The number of phenolic OH excluding ortho intramolecular Hbond substituents is 1. The fourth-order valence-corrected chi connectivity index (χ4v) is 2.76. The first kappa shape index (κ1) is 16.3. The molecule has 24 heavy (non-hydrogen) atoms. The average Bonchev–Trinajstić information content (AvgIpc) is 2.62. The Bertz CT molecular complexity index is 838. The molecule has 5 nitrogen and oxygen atoms in total. The van der Waals surface area contributed by atoms with Gasteiger partial charge in [0.05, 0.1) is 12.7 Å². The second-order valence-electron chi connectivity index (χ2n) is 4.94. The molecule has 0 spiro atoms. The molecule has 2 aromatic carbocycles. The van der Waals surface area contributed by atoms with E-state index in [1.54, 1.807) is 25.3 Å². The highest BCUT2D eigenvalue weighted by Crippen LogP contribution is 2.29. The largest absolute Gasteiger partial charge is 0.507 e. The van der Waals surface area contributed by atoms with Crippen LogP contribution in [-0.2, 0) is 0 Å². The summed E-state index contributed by atoms with van der Waals surface area (Å²) in [6.07, 6.45) is 0. The van der Waals surface area contributed by atoms with Crippen LogP contribution in [0.1, 0.15) is 6.92 Å². The number of phenols is 1. The van der Waals surface area contributed by atoms with Gasteiger partial charge in [0.2, 0.25) is 0 Å². The third-order valence-electron chi connectivity index (χ3n) is 3.38. The smallest absolute Gasteiger partial charge is 0.191 e. The minimum Gasteiger partial charge on any atom is -0.507 e. The molecule has 0 aliphatic carbocycles. The second kappa shape index (κ2) is 7.31. The van der Waals surface area contributed by atoms with Gasteiger partial charge in [-0.1, -0.05) is 30.8 Å². The number of ether oxygens (including phenoxy) is 1. The van der Waals surface area contributed by atoms with Crippen molar-refractivity contribution in [3.05, 3.63) is 48.5 Å². The molecule has 0 aliphatic heterocycles. The van der Waals surface area contributed by atoms with Gasteiger partial charge in [0.1, 0.15) is 11.5 Å². The molecule has 0 atom stereocenters. The Labute approximate surface area is 144 Å². The van der Waals surface area contributed by atoms with Crippen molar-refractivity contribution in [1.29, 1.82) is 0 Å². The van der Waals surface area contributed by atoms with Crippen LogP contribution in [0.4, 0.5) is 0 Å². The van der Waals surface area contributed by atoms with Crippen LogP contribution in [0.2, 0.25) is 0 Å². The molecule has 1 aromatic heterocycles. The van der Waals surface area contributed by atoms with E-state index in [2.05, 4.69) is 15.0 Å². The highest BCUT2D eigenvalue weighted by atomic mass is 32.2. The van der Waals surface area contributed by atoms with Gasteiger partial charge < -0.3 is 9.84 Å². The fourth-order valence-electron chi connectivity index (χ4n) is 2.20. The van der Waals surface area contributed by atoms with Crippen molar-refractivity contribution in [3.8, 4) is 34.3 Å². The van der Waals surface area contributed by atoms with E-state index < -0.39 is 0 Å². The van der Waals surface area contributed by atoms with Crippen molar-refractivity contribution < 1.29 is 9.84 Å². The standard InChI is InChI=1S/C18H17N3O2S/c1-3-24-18-20-16(12-8-10-13(23-2)11-9-12)19-17(21-18)14-6-4-5-7-15(14)22/h4-11,22H,3H2,1-2H3. The third kappa shape index (κ3) is 3.49. The zero-order chi connectivity index (χ0) is 16.9. The van der Waals surface area contributed by atoms with Crippen LogP contribution in [0.3, 0.4) is 0 Å². The van der Waals surface area contributed by atoms with Gasteiger partial charge >= 0.3 is 0 Å². The zero-order valence-corrected chi connectivity index (χ0v) is 14.2. The van der Waals surface area contributed by atoms with E-state index in [0.717, 1.165) is 17.1 Å². The number of aromatic nitrogens is 3. The Morgan fingerprint density at radius 3 is 2.33 bits per heavy atom. The molecule has 122 valence electrons. The summed E-state index contributed by atoms with van der Waals surface area (Å²) in [6.45, 7) is 2.04. The number of benzene rings is 2. The third-order valence-corrected chi connectivity index (χ3v) is 4.11. The number of rotatable bonds is 5. The van der Waals surface area contributed by atoms with Gasteiger partial charge in [0, 0.05) is 5.56 Å². The van der Waals surface area contributed by atoms with Crippen LogP contribution in [0.5, 0.6) is 11.5 Å². The fraction of sp³-hybridized carbons (Fsp3) is 0.167. The topological polar surface area (TPSA) is 68.1 Å². The molecule has 3 aromatic rings. The summed E-state index contributed by atoms with van der Waals surface area (Å²) in [5.41, 5.74) is 1.46. The van der Waals surface area contributed by atoms with Gasteiger partial charge in [-0.25, -0.2) is 15.0 Å². The summed E-state index contributed by atoms with van der Waals surface area (Å²) in [6, 6.07) is 14.6. The number of para-hydroxylation sites is 1. The summed E-state index contributed by atoms with van der Waals surface area (Å²) in [7, 11) is 1.63. The first-order valence-corrected chi connectivity index (χ1v) is 8.51. The minimum atomic E-state index is 0.150. The van der Waals surface area contributed by atoms with Gasteiger partial charge in [-0.3, -0.25) is 0 Å². The molecule has 0 saturated carbocycles. The Hall–Kier alpha value is -2.60. The number of aromatic hydroxyl groups is 1. The van der Waals surface area contributed by atoms with Gasteiger partial charge in [-0.05, 0) is 42.2 Å². The summed E-state index contributed by atoms with van der Waals surface area (Å²) in [5.74, 6) is 2.81. The van der Waals surface area contributed by atoms with Crippen LogP contribution in [0.15, 0.2) is 53.7 Å². The molecule has 1 heterocycles. The lowest BCUT2D eigenvalue weighted by Crippen LogP contribution is -1.99. The molecule has 3 rings (SSSR count). The summed E-state index contributed by atoms with van der Waals surface area (Å²) in [5, 5.41) is 10.7. The molecule has 0 bridgehead atoms. The number of nitrogens with zero attached hydrogens (tertiary/aromatic N) is 3. The van der Waals surface area contributed by atoms with Crippen LogP contribution < -0.4 is 4.74 Å². The van der Waals surface area contributed by atoms with Gasteiger partial charge in [0.15, 0.2) is 16.8 Å². The van der Waals surface area contributed by atoms with Crippen molar-refractivity contribution in [2.75, 3.05) is 12.9 Å². The molecule has 1 N–H and O–H groups in total. The maximum atomic E-state index is 10.1. The monoisotopic (exact) mass is 339 g/mol. The molecule has 0 aliphatic rings. The second-order valence-corrected chi connectivity index (χ2v) is 6.18. The maximum absolute atomic E-state index is 10.1. The van der Waals surface area contributed by atoms with Gasteiger partial charge in [-0.2, -0.15) is 0 Å². The average molecular weight is 339 g/mol. The lowest BCUT2D eigenvalue weighted by molar-refractivity contribution is 0.415. The quantitative estimate of drug-likeness (QED) is 0.708. The van der Waals surface area contributed by atoms with Crippen molar-refractivity contribution in [2.45, 2.75) is 12.1 Å². The lowest BCUT2D eigenvalue weighted by Gasteiger charge is -2.08. The molecule has 0 radical (unpaired) electrons.